The van der Waals surface area contributed by atoms with Crippen molar-refractivity contribution >= 4 is 17.8 Å². The smallest absolute Gasteiger partial charge is 0.343 e. The lowest BCUT2D eigenvalue weighted by Crippen LogP contribution is -2.09. The highest BCUT2D eigenvalue weighted by Crippen LogP contribution is 2.39. The van der Waals surface area contributed by atoms with Crippen molar-refractivity contribution in [2.75, 3.05) is 7.11 Å². The van der Waals surface area contributed by atoms with Crippen molar-refractivity contribution in [2.24, 2.45) is 0 Å². The molecule has 4 rings (SSSR count). The lowest BCUT2D eigenvalue weighted by Gasteiger charge is -2.10. The number of carbonyl (C=O) groups is 2. The summed E-state index contributed by atoms with van der Waals surface area (Å²) in [5.41, 5.74) is 3.42. The van der Waals surface area contributed by atoms with Crippen LogP contribution in [0, 0.1) is 13.8 Å². The number of hydrogen-bond acceptors (Lipinski definition) is 5. The minimum Gasteiger partial charge on any atom is -0.497 e. The Morgan fingerprint density at radius 3 is 2.47 bits per heavy atom. The third kappa shape index (κ3) is 3.70. The first-order valence-corrected chi connectivity index (χ1v) is 9.47. The molecule has 0 aromatic heterocycles. The molecule has 1 aliphatic rings. The molecule has 150 valence electrons. The van der Waals surface area contributed by atoms with E-state index < -0.39 is 5.97 Å². The van der Waals surface area contributed by atoms with E-state index in [9.17, 15) is 9.59 Å². The van der Waals surface area contributed by atoms with Crippen LogP contribution < -0.4 is 14.2 Å². The van der Waals surface area contributed by atoms with Crippen molar-refractivity contribution in [1.82, 2.24) is 0 Å². The van der Waals surface area contributed by atoms with Gasteiger partial charge in [0, 0.05) is 5.56 Å². The lowest BCUT2D eigenvalue weighted by molar-refractivity contribution is 0.0733. The van der Waals surface area contributed by atoms with Gasteiger partial charge >= 0.3 is 5.97 Å². The van der Waals surface area contributed by atoms with Gasteiger partial charge in [0.25, 0.3) is 0 Å². The van der Waals surface area contributed by atoms with Crippen molar-refractivity contribution < 1.29 is 23.8 Å². The molecule has 30 heavy (non-hydrogen) atoms. The summed E-state index contributed by atoms with van der Waals surface area (Å²) in [7, 11) is 1.56. The number of ketones is 1. The first kappa shape index (κ1) is 19.5. The molecule has 0 aliphatic carbocycles. The van der Waals surface area contributed by atoms with E-state index in [1.807, 2.05) is 31.2 Å². The second-order valence-electron chi connectivity index (χ2n) is 7.04. The predicted molar refractivity (Wildman–Crippen MR) is 113 cm³/mol. The van der Waals surface area contributed by atoms with E-state index in [-0.39, 0.29) is 11.5 Å². The van der Waals surface area contributed by atoms with Crippen LogP contribution >= 0.6 is 0 Å². The second-order valence-corrected chi connectivity index (χ2v) is 7.04. The number of rotatable bonds is 4. The van der Waals surface area contributed by atoms with Crippen LogP contribution in [0.15, 0.2) is 66.4 Å². The molecule has 3 aromatic rings. The number of hydrogen-bond donors (Lipinski definition) is 0. The first-order valence-electron chi connectivity index (χ1n) is 9.47. The van der Waals surface area contributed by atoms with Gasteiger partial charge in [0.2, 0.25) is 5.78 Å². The highest BCUT2D eigenvalue weighted by molar-refractivity contribution is 6.15. The zero-order valence-electron chi connectivity index (χ0n) is 16.9. The third-order valence-corrected chi connectivity index (χ3v) is 4.90. The molecule has 1 heterocycles. The molecule has 0 spiro atoms. The fraction of sp³-hybridized carbons (Fsp3) is 0.120. The highest BCUT2D eigenvalue weighted by Gasteiger charge is 2.30. The highest BCUT2D eigenvalue weighted by atomic mass is 16.5. The summed E-state index contributed by atoms with van der Waals surface area (Å²) in [5.74, 6) is 0.971. The number of methoxy groups -OCH3 is 1. The quantitative estimate of drug-likeness (QED) is 0.344. The van der Waals surface area contributed by atoms with Gasteiger partial charge in [-0.15, -0.1) is 0 Å². The molecule has 1 aliphatic heterocycles. The van der Waals surface area contributed by atoms with Crippen LogP contribution in [-0.4, -0.2) is 18.9 Å². The maximum atomic E-state index is 12.7. The fourth-order valence-corrected chi connectivity index (χ4v) is 3.28. The van der Waals surface area contributed by atoms with E-state index in [0.717, 1.165) is 11.1 Å². The van der Waals surface area contributed by atoms with Crippen molar-refractivity contribution in [3.05, 3.63) is 94.2 Å². The number of carbonyl (C=O) groups excluding carboxylic acids is 2. The Hall–Kier alpha value is -3.86. The van der Waals surface area contributed by atoms with Crippen LogP contribution in [-0.2, 0) is 0 Å². The average molecular weight is 400 g/mol. The average Bonchev–Trinajstić information content (AvgIpc) is 3.06. The molecule has 0 fully saturated rings. The topological polar surface area (TPSA) is 61.8 Å². The molecular weight excluding hydrogens is 380 g/mol. The molecule has 0 saturated carbocycles. The fourth-order valence-electron chi connectivity index (χ4n) is 3.28. The Morgan fingerprint density at radius 1 is 1.00 bits per heavy atom. The number of allylic oxidation sites excluding steroid dienone is 1. The Kier molecular flexibility index (Phi) is 5.11. The Balaban J connectivity index is 1.59. The summed E-state index contributed by atoms with van der Waals surface area (Å²) in [5, 5.41) is 0. The minimum atomic E-state index is -0.499. The molecular formula is C25H20O5. The van der Waals surface area contributed by atoms with Gasteiger partial charge in [-0.2, -0.15) is 0 Å². The van der Waals surface area contributed by atoms with E-state index in [1.165, 1.54) is 0 Å². The van der Waals surface area contributed by atoms with E-state index in [1.54, 1.807) is 56.5 Å². The van der Waals surface area contributed by atoms with Gasteiger partial charge in [0.1, 0.15) is 17.2 Å². The van der Waals surface area contributed by atoms with Crippen molar-refractivity contribution in [2.45, 2.75) is 13.8 Å². The predicted octanol–water partition coefficient (Wildman–Crippen LogP) is 5.15. The van der Waals surface area contributed by atoms with Crippen LogP contribution in [0.2, 0.25) is 0 Å². The van der Waals surface area contributed by atoms with Crippen LogP contribution in [0.25, 0.3) is 6.08 Å². The number of benzene rings is 3. The molecule has 0 unspecified atom stereocenters. The number of aryl methyl sites for hydroxylation is 1. The Labute approximate surface area is 174 Å². The van der Waals surface area contributed by atoms with Crippen molar-refractivity contribution in [3.8, 4) is 17.2 Å². The summed E-state index contributed by atoms with van der Waals surface area (Å²) in [6.45, 7) is 3.75. The van der Waals surface area contributed by atoms with Gasteiger partial charge in [-0.25, -0.2) is 4.79 Å². The van der Waals surface area contributed by atoms with Gasteiger partial charge < -0.3 is 14.2 Å². The van der Waals surface area contributed by atoms with Gasteiger partial charge in [0.15, 0.2) is 5.76 Å². The molecule has 0 bridgehead atoms. The van der Waals surface area contributed by atoms with E-state index >= 15 is 0 Å². The molecule has 5 nitrogen and oxygen atoms in total. The normalized spacial score (nSPS) is 13.7. The van der Waals surface area contributed by atoms with E-state index in [0.29, 0.717) is 33.9 Å². The van der Waals surface area contributed by atoms with Gasteiger partial charge in [-0.1, -0.05) is 29.8 Å². The molecule has 0 saturated heterocycles. The molecule has 0 amide bonds. The Bertz CT molecular complexity index is 1170. The zero-order chi connectivity index (χ0) is 21.3. The molecule has 0 atom stereocenters. The van der Waals surface area contributed by atoms with Crippen LogP contribution in [0.1, 0.15) is 37.4 Å². The maximum absolute atomic E-state index is 12.7. The van der Waals surface area contributed by atoms with Crippen LogP contribution in [0.4, 0.5) is 0 Å². The SMILES string of the molecule is COc1ccc(C(=O)Oc2ccc3c(c2C)O/C(=C\c2cccc(C)c2)C3=O)cc1. The maximum Gasteiger partial charge on any atom is 0.343 e. The van der Waals surface area contributed by atoms with Crippen molar-refractivity contribution in [1.29, 1.82) is 0 Å². The van der Waals surface area contributed by atoms with Crippen LogP contribution in [0.3, 0.4) is 0 Å². The molecule has 0 N–H and O–H groups in total. The van der Waals surface area contributed by atoms with E-state index in [4.69, 9.17) is 14.2 Å². The largest absolute Gasteiger partial charge is 0.497 e. The molecule has 0 radical (unpaired) electrons. The number of fused-ring (bicyclic) bond motifs is 1. The first-order chi connectivity index (χ1) is 14.5. The number of ether oxygens (including phenoxy) is 3. The zero-order valence-corrected chi connectivity index (χ0v) is 16.9. The lowest BCUT2D eigenvalue weighted by atomic mass is 10.1. The third-order valence-electron chi connectivity index (χ3n) is 4.90. The summed E-state index contributed by atoms with van der Waals surface area (Å²) in [6.07, 6.45) is 1.72. The summed E-state index contributed by atoms with van der Waals surface area (Å²) in [4.78, 5) is 25.2. The molecule has 5 heteroatoms. The summed E-state index contributed by atoms with van der Waals surface area (Å²) in [6, 6.07) is 17.7. The van der Waals surface area contributed by atoms with Crippen molar-refractivity contribution in [3.63, 3.8) is 0 Å². The summed E-state index contributed by atoms with van der Waals surface area (Å²) >= 11 is 0. The standard InChI is InChI=1S/C25H20O5/c1-15-5-4-6-17(13-15)14-22-23(26)20-11-12-21(16(2)24(20)29-22)30-25(27)18-7-9-19(28-3)10-8-18/h4-14H,1-3H3/b22-14-. The second kappa shape index (κ2) is 7.87. The van der Waals surface area contributed by atoms with Gasteiger partial charge in [-0.05, 0) is 61.9 Å². The number of Topliss-reactive ketones (excluding diaryl/α,β-unsaturated/α-hetero) is 1. The minimum absolute atomic E-state index is 0.192. The monoisotopic (exact) mass is 400 g/mol. The number of esters is 1. The van der Waals surface area contributed by atoms with Gasteiger partial charge in [0.05, 0.1) is 18.2 Å². The van der Waals surface area contributed by atoms with Crippen LogP contribution in [0.5, 0.6) is 17.2 Å². The summed E-state index contributed by atoms with van der Waals surface area (Å²) < 4.78 is 16.5. The van der Waals surface area contributed by atoms with Gasteiger partial charge in [-0.3, -0.25) is 4.79 Å². The van der Waals surface area contributed by atoms with E-state index in [2.05, 4.69) is 0 Å². The molecule has 3 aromatic carbocycles. The Morgan fingerprint density at radius 2 is 1.77 bits per heavy atom.